The second kappa shape index (κ2) is 6.67. The molecule has 2 aromatic carbocycles. The highest BCUT2D eigenvalue weighted by Gasteiger charge is 2.52. The van der Waals surface area contributed by atoms with Gasteiger partial charge in [0.25, 0.3) is 0 Å². The zero-order valence-corrected chi connectivity index (χ0v) is 14.3. The summed E-state index contributed by atoms with van der Waals surface area (Å²) in [7, 11) is 0. The van der Waals surface area contributed by atoms with E-state index in [0.29, 0.717) is 10.9 Å². The summed E-state index contributed by atoms with van der Waals surface area (Å²) in [6.07, 6.45) is 0.300. The number of benzene rings is 1. The molecule has 2 aromatic rings. The molecule has 0 bridgehead atoms. The highest BCUT2D eigenvalue weighted by Crippen LogP contribution is 2.39. The molecule has 0 N–H and O–H groups in total. The molecule has 0 aromatic heterocycles. The zero-order valence-electron chi connectivity index (χ0n) is 14.3. The van der Waals surface area contributed by atoms with Crippen LogP contribution in [0.25, 0.3) is 10.8 Å². The number of carbonyl (C=O) groups is 2. The van der Waals surface area contributed by atoms with Gasteiger partial charge in [0, 0.05) is 5.39 Å². The molecule has 0 aliphatic heterocycles. The van der Waals surface area contributed by atoms with E-state index in [1.807, 2.05) is 24.3 Å². The fourth-order valence-corrected chi connectivity index (χ4v) is 3.41. The van der Waals surface area contributed by atoms with Crippen molar-refractivity contribution in [2.24, 2.45) is 5.41 Å². The molecule has 25 heavy (non-hydrogen) atoms. The van der Waals surface area contributed by atoms with Crippen molar-refractivity contribution in [1.82, 2.24) is 0 Å². The summed E-state index contributed by atoms with van der Waals surface area (Å²) in [5.74, 6) is -1.19. The van der Waals surface area contributed by atoms with E-state index in [9.17, 15) is 14.4 Å². The van der Waals surface area contributed by atoms with Crippen molar-refractivity contribution in [3.05, 3.63) is 57.7 Å². The molecule has 1 aliphatic carbocycles. The molecule has 5 heteroatoms. The van der Waals surface area contributed by atoms with Crippen LogP contribution in [-0.4, -0.2) is 25.2 Å². The van der Waals surface area contributed by atoms with Crippen molar-refractivity contribution in [2.45, 2.75) is 26.7 Å². The minimum atomic E-state index is -1.41. The Balaban J connectivity index is 2.13. The van der Waals surface area contributed by atoms with Gasteiger partial charge in [-0.15, -0.1) is 0 Å². The summed E-state index contributed by atoms with van der Waals surface area (Å²) in [6, 6.07) is 10.7. The molecule has 0 unspecified atom stereocenters. The first-order chi connectivity index (χ1) is 12.0. The Bertz CT molecular complexity index is 882. The van der Waals surface area contributed by atoms with Gasteiger partial charge < -0.3 is 9.47 Å². The molecule has 0 fully saturated rings. The average molecular weight is 340 g/mol. The van der Waals surface area contributed by atoms with Crippen LogP contribution < -0.4 is 5.43 Å². The zero-order chi connectivity index (χ0) is 18.0. The molecule has 0 heterocycles. The van der Waals surface area contributed by atoms with Crippen molar-refractivity contribution < 1.29 is 19.1 Å². The quantitative estimate of drug-likeness (QED) is 0.631. The van der Waals surface area contributed by atoms with E-state index in [0.717, 1.165) is 10.9 Å². The summed E-state index contributed by atoms with van der Waals surface area (Å²) >= 11 is 0. The first kappa shape index (κ1) is 17.1. The molecule has 0 saturated carbocycles. The minimum Gasteiger partial charge on any atom is -0.465 e. The lowest BCUT2D eigenvalue weighted by molar-refractivity contribution is -0.171. The van der Waals surface area contributed by atoms with Gasteiger partial charge in [0.1, 0.15) is 0 Å². The lowest BCUT2D eigenvalue weighted by Crippen LogP contribution is -2.43. The molecule has 0 atom stereocenters. The third-order valence-corrected chi connectivity index (χ3v) is 4.59. The smallest absolute Gasteiger partial charge is 0.324 e. The summed E-state index contributed by atoms with van der Waals surface area (Å²) in [6.45, 7) is 3.75. The minimum absolute atomic E-state index is 0.121. The van der Waals surface area contributed by atoms with Crippen LogP contribution >= 0.6 is 0 Å². The van der Waals surface area contributed by atoms with Gasteiger partial charge in [-0.05, 0) is 49.3 Å². The molecule has 5 nitrogen and oxygen atoms in total. The Kier molecular flexibility index (Phi) is 4.57. The number of fused-ring (bicyclic) bond motifs is 2. The van der Waals surface area contributed by atoms with E-state index in [-0.39, 0.29) is 31.5 Å². The van der Waals surface area contributed by atoms with Gasteiger partial charge in [0.05, 0.1) is 13.2 Å². The summed E-state index contributed by atoms with van der Waals surface area (Å²) in [4.78, 5) is 37.7. The predicted octanol–water partition coefficient (Wildman–Crippen LogP) is 2.41. The number of esters is 2. The molecule has 1 aliphatic rings. The Morgan fingerprint density at radius 1 is 0.960 bits per heavy atom. The topological polar surface area (TPSA) is 69.7 Å². The normalized spacial score (nSPS) is 14.8. The van der Waals surface area contributed by atoms with Crippen molar-refractivity contribution in [3.8, 4) is 0 Å². The van der Waals surface area contributed by atoms with Gasteiger partial charge in [-0.1, -0.05) is 30.3 Å². The lowest BCUT2D eigenvalue weighted by Gasteiger charge is -2.24. The highest BCUT2D eigenvalue weighted by molar-refractivity contribution is 6.02. The predicted molar refractivity (Wildman–Crippen MR) is 93.3 cm³/mol. The molecule has 0 amide bonds. The molecule has 0 saturated heterocycles. The van der Waals surface area contributed by atoms with Crippen LogP contribution in [0.2, 0.25) is 0 Å². The van der Waals surface area contributed by atoms with Crippen LogP contribution in [0, 0.1) is 5.41 Å². The number of ether oxygens (including phenoxy) is 2. The summed E-state index contributed by atoms with van der Waals surface area (Å²) in [5, 5.41) is 1.41. The third kappa shape index (κ3) is 2.90. The number of carbonyl (C=O) groups excluding carboxylic acids is 2. The maximum atomic E-state index is 12.6. The first-order valence-corrected chi connectivity index (χ1v) is 8.41. The van der Waals surface area contributed by atoms with E-state index in [1.54, 1.807) is 19.9 Å². The second-order valence-corrected chi connectivity index (χ2v) is 6.17. The molecular formula is C20H20O5. The maximum absolute atomic E-state index is 12.6. The van der Waals surface area contributed by atoms with Crippen LogP contribution in [0.1, 0.15) is 25.0 Å². The first-order valence-electron chi connectivity index (χ1n) is 8.41. The van der Waals surface area contributed by atoms with E-state index in [4.69, 9.17) is 9.47 Å². The average Bonchev–Trinajstić information content (AvgIpc) is 2.89. The molecule has 0 radical (unpaired) electrons. The largest absolute Gasteiger partial charge is 0.465 e. The Labute approximate surface area is 145 Å². The van der Waals surface area contributed by atoms with Gasteiger partial charge in [-0.3, -0.25) is 14.4 Å². The monoisotopic (exact) mass is 340 g/mol. The number of rotatable bonds is 4. The van der Waals surface area contributed by atoms with Crippen molar-refractivity contribution in [2.75, 3.05) is 13.2 Å². The standard InChI is InChI=1S/C20H20O5/c1-3-24-18(22)20(19(23)25-4-2)11-14-9-13-7-5-6-8-16(13)17(21)10-15(14)12-20/h5-10H,3-4,11-12H2,1-2H3. The van der Waals surface area contributed by atoms with Crippen molar-refractivity contribution >= 4 is 22.7 Å². The van der Waals surface area contributed by atoms with Gasteiger partial charge in [0.2, 0.25) is 0 Å². The van der Waals surface area contributed by atoms with E-state index >= 15 is 0 Å². The third-order valence-electron chi connectivity index (χ3n) is 4.59. The SMILES string of the molecule is CCOC(=O)C1(C(=O)OCC)Cc2cc(=O)c3ccccc3cc2C1. The van der Waals surface area contributed by atoms with Crippen LogP contribution in [0.3, 0.4) is 0 Å². The second-order valence-electron chi connectivity index (χ2n) is 6.17. The van der Waals surface area contributed by atoms with Crippen LogP contribution in [0.4, 0.5) is 0 Å². The fourth-order valence-electron chi connectivity index (χ4n) is 3.41. The number of hydrogen-bond donors (Lipinski definition) is 0. The van der Waals surface area contributed by atoms with Crippen LogP contribution in [-0.2, 0) is 31.9 Å². The Morgan fingerprint density at radius 2 is 1.52 bits per heavy atom. The van der Waals surface area contributed by atoms with E-state index in [1.165, 1.54) is 6.07 Å². The van der Waals surface area contributed by atoms with E-state index < -0.39 is 17.4 Å². The van der Waals surface area contributed by atoms with E-state index in [2.05, 4.69) is 0 Å². The van der Waals surface area contributed by atoms with Gasteiger partial charge in [0.15, 0.2) is 10.8 Å². The Hall–Kier alpha value is -2.69. The molecule has 0 spiro atoms. The summed E-state index contributed by atoms with van der Waals surface area (Å²) in [5.41, 5.74) is -0.0296. The summed E-state index contributed by atoms with van der Waals surface area (Å²) < 4.78 is 10.3. The Morgan fingerprint density at radius 3 is 2.12 bits per heavy atom. The van der Waals surface area contributed by atoms with Crippen molar-refractivity contribution in [1.29, 1.82) is 0 Å². The van der Waals surface area contributed by atoms with Crippen LogP contribution in [0.15, 0.2) is 41.2 Å². The van der Waals surface area contributed by atoms with Gasteiger partial charge in [-0.25, -0.2) is 0 Å². The lowest BCUT2D eigenvalue weighted by atomic mass is 9.84. The molecule has 3 rings (SSSR count). The highest BCUT2D eigenvalue weighted by atomic mass is 16.6. The molecular weight excluding hydrogens is 320 g/mol. The molecule has 130 valence electrons. The van der Waals surface area contributed by atoms with Gasteiger partial charge in [-0.2, -0.15) is 0 Å². The maximum Gasteiger partial charge on any atom is 0.324 e. The van der Waals surface area contributed by atoms with Crippen molar-refractivity contribution in [3.63, 3.8) is 0 Å². The van der Waals surface area contributed by atoms with Crippen LogP contribution in [0.5, 0.6) is 0 Å². The fraction of sp³-hybridized carbons (Fsp3) is 0.350. The van der Waals surface area contributed by atoms with Gasteiger partial charge >= 0.3 is 11.9 Å². The number of hydrogen-bond acceptors (Lipinski definition) is 5.